The molecule has 308 valence electrons. The minimum absolute atomic E-state index is 0.00627. The van der Waals surface area contributed by atoms with Crippen LogP contribution in [0.25, 0.3) is 0 Å². The van der Waals surface area contributed by atoms with Crippen molar-refractivity contribution in [1.82, 2.24) is 16.0 Å². The third kappa shape index (κ3) is 35.5. The Balaban J connectivity index is 3.62. The summed E-state index contributed by atoms with van der Waals surface area (Å²) in [6, 6.07) is -2.07. The van der Waals surface area contributed by atoms with E-state index in [1.165, 1.54) is 51.9 Å². The van der Waals surface area contributed by atoms with Crippen LogP contribution in [-0.2, 0) is 47.7 Å². The highest BCUT2D eigenvalue weighted by Gasteiger charge is 2.21. The van der Waals surface area contributed by atoms with Crippen molar-refractivity contribution in [1.29, 1.82) is 0 Å². The molecular weight excluding hydrogens is 694 g/mol. The SMILES string of the molecule is C[C@H](NC(=O)CCOCCOCCOCCOCCNC(=O)CC[C@H](NC(=O)CCCCCCCCCCCCCCCCC(=O)O)C(=O)O)C(=O)O. The predicted molar refractivity (Wildman–Crippen MR) is 196 cm³/mol. The third-order valence-electron chi connectivity index (χ3n) is 8.24. The van der Waals surface area contributed by atoms with E-state index in [1.54, 1.807) is 0 Å². The lowest BCUT2D eigenvalue weighted by molar-refractivity contribution is -0.142. The zero-order valence-corrected chi connectivity index (χ0v) is 31.9. The summed E-state index contributed by atoms with van der Waals surface area (Å²) in [5.74, 6) is -4.03. The molecule has 53 heavy (non-hydrogen) atoms. The lowest BCUT2D eigenvalue weighted by Gasteiger charge is -2.14. The average Bonchev–Trinajstić information content (AvgIpc) is 3.11. The van der Waals surface area contributed by atoms with E-state index in [9.17, 15) is 33.9 Å². The molecule has 0 heterocycles. The van der Waals surface area contributed by atoms with Gasteiger partial charge in [-0.3, -0.25) is 24.0 Å². The molecule has 0 bridgehead atoms. The van der Waals surface area contributed by atoms with Crippen molar-refractivity contribution >= 4 is 35.6 Å². The van der Waals surface area contributed by atoms with Crippen molar-refractivity contribution in [3.8, 4) is 0 Å². The topological polar surface area (TPSA) is 236 Å². The summed E-state index contributed by atoms with van der Waals surface area (Å²) in [4.78, 5) is 68.7. The van der Waals surface area contributed by atoms with Crippen LogP contribution in [0.3, 0.4) is 0 Å². The molecule has 0 radical (unpaired) electrons. The number of nitrogens with one attached hydrogen (secondary N) is 3. The summed E-state index contributed by atoms with van der Waals surface area (Å²) in [7, 11) is 0. The third-order valence-corrected chi connectivity index (χ3v) is 8.24. The number of unbranched alkanes of at least 4 members (excludes halogenated alkanes) is 13. The highest BCUT2D eigenvalue weighted by atomic mass is 16.6. The zero-order chi connectivity index (χ0) is 39.4. The van der Waals surface area contributed by atoms with E-state index in [4.69, 9.17) is 29.2 Å². The van der Waals surface area contributed by atoms with Gasteiger partial charge in [-0.2, -0.15) is 0 Å². The van der Waals surface area contributed by atoms with Gasteiger partial charge in [-0.05, 0) is 26.2 Å². The van der Waals surface area contributed by atoms with E-state index in [1.807, 2.05) is 0 Å². The number of aliphatic carboxylic acids is 3. The Kier molecular flexibility index (Phi) is 33.4. The van der Waals surface area contributed by atoms with Crippen molar-refractivity contribution in [3.05, 3.63) is 0 Å². The second-order valence-electron chi connectivity index (χ2n) is 13.0. The van der Waals surface area contributed by atoms with Gasteiger partial charge in [0.15, 0.2) is 0 Å². The van der Waals surface area contributed by atoms with Gasteiger partial charge in [-0.15, -0.1) is 0 Å². The average molecular weight is 762 g/mol. The van der Waals surface area contributed by atoms with Gasteiger partial charge in [0.1, 0.15) is 12.1 Å². The van der Waals surface area contributed by atoms with E-state index >= 15 is 0 Å². The van der Waals surface area contributed by atoms with Gasteiger partial charge < -0.3 is 50.2 Å². The lowest BCUT2D eigenvalue weighted by atomic mass is 10.0. The van der Waals surface area contributed by atoms with Crippen molar-refractivity contribution in [2.75, 3.05) is 59.4 Å². The number of carboxylic acids is 3. The van der Waals surface area contributed by atoms with Crippen LogP contribution >= 0.6 is 0 Å². The van der Waals surface area contributed by atoms with Crippen LogP contribution in [0.4, 0.5) is 0 Å². The molecule has 0 saturated carbocycles. The number of ether oxygens (including phenoxy) is 4. The van der Waals surface area contributed by atoms with Crippen molar-refractivity contribution in [2.45, 2.75) is 141 Å². The highest BCUT2D eigenvalue weighted by Crippen LogP contribution is 2.14. The fraction of sp³-hybridized carbons (Fsp3) is 0.838. The molecule has 6 N–H and O–H groups in total. The van der Waals surface area contributed by atoms with Crippen molar-refractivity contribution in [3.63, 3.8) is 0 Å². The monoisotopic (exact) mass is 761 g/mol. The van der Waals surface area contributed by atoms with Crippen LogP contribution in [0.1, 0.15) is 129 Å². The van der Waals surface area contributed by atoms with Gasteiger partial charge in [-0.1, -0.05) is 77.0 Å². The van der Waals surface area contributed by atoms with Crippen molar-refractivity contribution in [2.24, 2.45) is 0 Å². The Morgan fingerprint density at radius 1 is 0.453 bits per heavy atom. The second-order valence-corrected chi connectivity index (χ2v) is 13.0. The largest absolute Gasteiger partial charge is 0.481 e. The molecule has 0 aromatic carbocycles. The van der Waals surface area contributed by atoms with E-state index in [0.29, 0.717) is 39.5 Å². The molecule has 0 aromatic heterocycles. The first-order chi connectivity index (χ1) is 25.5. The second kappa shape index (κ2) is 35.7. The van der Waals surface area contributed by atoms with Gasteiger partial charge in [-0.25, -0.2) is 4.79 Å². The highest BCUT2D eigenvalue weighted by molar-refractivity contribution is 5.84. The number of hydrogen-bond acceptors (Lipinski definition) is 10. The molecule has 0 saturated heterocycles. The van der Waals surface area contributed by atoms with Crippen LogP contribution in [0.15, 0.2) is 0 Å². The summed E-state index contributed by atoms with van der Waals surface area (Å²) in [5, 5.41) is 34.4. The molecule has 0 spiro atoms. The maximum absolute atomic E-state index is 12.3. The Morgan fingerprint density at radius 2 is 0.868 bits per heavy atom. The first kappa shape index (κ1) is 49.7. The number of amides is 3. The summed E-state index contributed by atoms with van der Waals surface area (Å²) in [6.07, 6.45) is 15.7. The number of rotatable bonds is 39. The van der Waals surface area contributed by atoms with Gasteiger partial charge in [0.05, 0.1) is 52.9 Å². The molecule has 0 fully saturated rings. The maximum Gasteiger partial charge on any atom is 0.326 e. The molecule has 16 heteroatoms. The molecule has 0 aliphatic carbocycles. The molecule has 2 atom stereocenters. The summed E-state index contributed by atoms with van der Waals surface area (Å²) >= 11 is 0. The maximum atomic E-state index is 12.3. The fourth-order valence-corrected chi connectivity index (χ4v) is 5.14. The van der Waals surface area contributed by atoms with E-state index in [-0.39, 0.29) is 70.3 Å². The number of carboxylic acid groups (broad SMARTS) is 3. The first-order valence-electron chi connectivity index (χ1n) is 19.4. The van der Waals surface area contributed by atoms with Gasteiger partial charge >= 0.3 is 17.9 Å². The first-order valence-corrected chi connectivity index (χ1v) is 19.4. The van der Waals surface area contributed by atoms with E-state index in [2.05, 4.69) is 16.0 Å². The van der Waals surface area contributed by atoms with Crippen LogP contribution in [0.2, 0.25) is 0 Å². The Hall–Kier alpha value is -3.34. The molecule has 0 aliphatic heterocycles. The van der Waals surface area contributed by atoms with Gasteiger partial charge in [0.25, 0.3) is 0 Å². The smallest absolute Gasteiger partial charge is 0.326 e. The summed E-state index contributed by atoms with van der Waals surface area (Å²) in [5.41, 5.74) is 0. The van der Waals surface area contributed by atoms with E-state index in [0.717, 1.165) is 38.5 Å². The van der Waals surface area contributed by atoms with Crippen LogP contribution in [0.5, 0.6) is 0 Å². The fourth-order valence-electron chi connectivity index (χ4n) is 5.14. The minimum atomic E-state index is -1.17. The lowest BCUT2D eigenvalue weighted by Crippen LogP contribution is -2.41. The number of carbonyl (C=O) groups excluding carboxylic acids is 3. The van der Waals surface area contributed by atoms with Crippen LogP contribution in [0, 0.1) is 0 Å². The quantitative estimate of drug-likeness (QED) is 0.0490. The summed E-state index contributed by atoms with van der Waals surface area (Å²) < 4.78 is 21.4. The molecule has 0 aromatic rings. The van der Waals surface area contributed by atoms with Crippen LogP contribution in [-0.4, -0.2) is 122 Å². The molecular formula is C37H67N3O13. The van der Waals surface area contributed by atoms with Gasteiger partial charge in [0, 0.05) is 32.2 Å². The Morgan fingerprint density at radius 3 is 1.32 bits per heavy atom. The van der Waals surface area contributed by atoms with Crippen LogP contribution < -0.4 is 16.0 Å². The molecule has 0 rings (SSSR count). The molecule has 3 amide bonds. The standard InChI is InChI=1S/C37H67N3O13/c1-30(36(46)47)39-34(43)20-22-50-24-26-52-28-29-53-27-25-51-23-21-38-32(41)19-18-31(37(48)49)40-33(42)16-14-12-10-8-6-4-2-3-5-7-9-11-13-15-17-35(44)45/h30-31H,2-29H2,1H3,(H,38,41)(H,39,43)(H,40,42)(H,44,45)(H,46,47)(H,48,49)/t30-,31-/m0/s1. The van der Waals surface area contributed by atoms with E-state index < -0.39 is 35.9 Å². The molecule has 16 nitrogen and oxygen atoms in total. The molecule has 0 aliphatic rings. The molecule has 0 unspecified atom stereocenters. The summed E-state index contributed by atoms with van der Waals surface area (Å²) in [6.45, 7) is 4.00. The normalized spacial score (nSPS) is 12.2. The zero-order valence-electron chi connectivity index (χ0n) is 31.9. The minimum Gasteiger partial charge on any atom is -0.481 e. The Labute approximate surface area is 314 Å². The number of carbonyl (C=O) groups is 6. The van der Waals surface area contributed by atoms with Crippen molar-refractivity contribution < 1.29 is 63.0 Å². The predicted octanol–water partition coefficient (Wildman–Crippen LogP) is 3.82. The number of hydrogen-bond donors (Lipinski definition) is 6. The van der Waals surface area contributed by atoms with Gasteiger partial charge in [0.2, 0.25) is 17.7 Å². The Bertz CT molecular complexity index is 999.